The Kier molecular flexibility index (Phi) is 3.92. The summed E-state index contributed by atoms with van der Waals surface area (Å²) in [5, 5.41) is 14.0. The third-order valence-corrected chi connectivity index (χ3v) is 3.81. The van der Waals surface area contributed by atoms with Gasteiger partial charge in [0.05, 0.1) is 4.92 Å². The van der Waals surface area contributed by atoms with Gasteiger partial charge in [-0.25, -0.2) is 4.98 Å². The molecule has 0 atom stereocenters. The number of benzene rings is 1. The zero-order chi connectivity index (χ0) is 16.4. The molecular formula is C16H16N4O3. The summed E-state index contributed by atoms with van der Waals surface area (Å²) in [6, 6.07) is 8.44. The minimum atomic E-state index is -0.473. The van der Waals surface area contributed by atoms with Crippen molar-refractivity contribution >= 4 is 28.8 Å². The van der Waals surface area contributed by atoms with Gasteiger partial charge < -0.3 is 10.2 Å². The number of nitrogens with one attached hydrogen (secondary N) is 1. The first kappa shape index (κ1) is 15.0. The van der Waals surface area contributed by atoms with Crippen LogP contribution in [0.25, 0.3) is 0 Å². The molecular weight excluding hydrogens is 296 g/mol. The van der Waals surface area contributed by atoms with Crippen molar-refractivity contribution in [3.05, 3.63) is 52.2 Å². The molecule has 1 aromatic heterocycles. The number of hydrogen-bond donors (Lipinski definition) is 1. The number of carbonyl (C=O) groups excluding carboxylic acids is 1. The van der Waals surface area contributed by atoms with E-state index in [1.165, 1.54) is 18.3 Å². The topological polar surface area (TPSA) is 88.4 Å². The molecule has 3 rings (SSSR count). The summed E-state index contributed by atoms with van der Waals surface area (Å²) in [7, 11) is 0. The minimum Gasteiger partial charge on any atom is -0.334 e. The van der Waals surface area contributed by atoms with Crippen molar-refractivity contribution in [3.8, 4) is 0 Å². The molecule has 0 bridgehead atoms. The molecule has 1 aliphatic heterocycles. The lowest BCUT2D eigenvalue weighted by Gasteiger charge is -2.19. The summed E-state index contributed by atoms with van der Waals surface area (Å²) in [5.74, 6) is 0.330. The van der Waals surface area contributed by atoms with Crippen LogP contribution < -0.4 is 10.2 Å². The molecule has 1 saturated heterocycles. The summed E-state index contributed by atoms with van der Waals surface area (Å²) in [6.07, 6.45) is 2.96. The van der Waals surface area contributed by atoms with Gasteiger partial charge >= 0.3 is 5.69 Å². The summed E-state index contributed by atoms with van der Waals surface area (Å²) in [4.78, 5) is 28.2. The normalized spacial score (nSPS) is 14.1. The summed E-state index contributed by atoms with van der Waals surface area (Å²) < 4.78 is 0. The summed E-state index contributed by atoms with van der Waals surface area (Å²) in [6.45, 7) is 2.65. The molecule has 7 nitrogen and oxygen atoms in total. The van der Waals surface area contributed by atoms with Gasteiger partial charge in [0.15, 0.2) is 0 Å². The average Bonchev–Trinajstić information content (AvgIpc) is 2.94. The number of nitro groups is 1. The van der Waals surface area contributed by atoms with Crippen LogP contribution in [0.3, 0.4) is 0 Å². The number of nitrogens with zero attached hydrogens (tertiary/aromatic N) is 3. The van der Waals surface area contributed by atoms with Crippen LogP contribution in [-0.2, 0) is 4.79 Å². The molecule has 0 aliphatic carbocycles. The SMILES string of the molecule is Cc1cc(Nc2ncccc2[N+](=O)[O-])ccc1N1CCCC1=O. The van der Waals surface area contributed by atoms with Crippen molar-refractivity contribution in [2.45, 2.75) is 19.8 Å². The molecule has 1 N–H and O–H groups in total. The Balaban J connectivity index is 1.87. The maximum absolute atomic E-state index is 11.8. The Morgan fingerprint density at radius 2 is 2.17 bits per heavy atom. The van der Waals surface area contributed by atoms with Crippen molar-refractivity contribution in [2.75, 3.05) is 16.8 Å². The third-order valence-electron chi connectivity index (χ3n) is 3.81. The van der Waals surface area contributed by atoms with Crippen LogP contribution in [0.4, 0.5) is 22.9 Å². The van der Waals surface area contributed by atoms with Crippen LogP contribution in [0.1, 0.15) is 18.4 Å². The Labute approximate surface area is 133 Å². The zero-order valence-electron chi connectivity index (χ0n) is 12.7. The van der Waals surface area contributed by atoms with E-state index in [4.69, 9.17) is 0 Å². The van der Waals surface area contributed by atoms with Gasteiger partial charge in [0.1, 0.15) is 0 Å². The van der Waals surface area contributed by atoms with E-state index < -0.39 is 4.92 Å². The maximum atomic E-state index is 11.8. The van der Waals surface area contributed by atoms with Crippen molar-refractivity contribution < 1.29 is 9.72 Å². The predicted molar refractivity (Wildman–Crippen MR) is 86.9 cm³/mol. The van der Waals surface area contributed by atoms with Gasteiger partial charge in [0.25, 0.3) is 0 Å². The molecule has 0 unspecified atom stereocenters. The molecule has 1 fully saturated rings. The van der Waals surface area contributed by atoms with E-state index in [9.17, 15) is 14.9 Å². The number of pyridine rings is 1. The van der Waals surface area contributed by atoms with Crippen LogP contribution in [-0.4, -0.2) is 22.4 Å². The Bertz CT molecular complexity index is 776. The second-order valence-electron chi connectivity index (χ2n) is 5.40. The van der Waals surface area contributed by atoms with Crippen molar-refractivity contribution in [1.82, 2.24) is 4.98 Å². The minimum absolute atomic E-state index is 0.0797. The third kappa shape index (κ3) is 2.98. The molecule has 23 heavy (non-hydrogen) atoms. The fraction of sp³-hybridized carbons (Fsp3) is 0.250. The Morgan fingerprint density at radius 1 is 1.35 bits per heavy atom. The highest BCUT2D eigenvalue weighted by atomic mass is 16.6. The smallest absolute Gasteiger partial charge is 0.311 e. The fourth-order valence-electron chi connectivity index (χ4n) is 2.72. The lowest BCUT2D eigenvalue weighted by Crippen LogP contribution is -2.24. The van der Waals surface area contributed by atoms with Gasteiger partial charge in [0, 0.05) is 36.6 Å². The lowest BCUT2D eigenvalue weighted by atomic mass is 10.1. The van der Waals surface area contributed by atoms with Crippen LogP contribution in [0.5, 0.6) is 0 Å². The highest BCUT2D eigenvalue weighted by Crippen LogP contribution is 2.30. The van der Waals surface area contributed by atoms with E-state index in [1.54, 1.807) is 11.0 Å². The van der Waals surface area contributed by atoms with Crippen LogP contribution in [0.2, 0.25) is 0 Å². The van der Waals surface area contributed by atoms with Crippen molar-refractivity contribution in [3.63, 3.8) is 0 Å². The lowest BCUT2D eigenvalue weighted by molar-refractivity contribution is -0.384. The number of anilines is 3. The fourth-order valence-corrected chi connectivity index (χ4v) is 2.72. The first-order valence-electron chi connectivity index (χ1n) is 7.34. The highest BCUT2D eigenvalue weighted by Gasteiger charge is 2.23. The molecule has 0 spiro atoms. The standard InChI is InChI=1S/C16H16N4O3/c1-11-10-12(6-7-13(11)19-9-3-5-15(19)21)18-16-14(20(22)23)4-2-8-17-16/h2,4,6-8,10H,3,5,9H2,1H3,(H,17,18). The number of rotatable bonds is 4. The number of amides is 1. The molecule has 2 aromatic rings. The number of hydrogen-bond acceptors (Lipinski definition) is 5. The monoisotopic (exact) mass is 312 g/mol. The number of aromatic nitrogens is 1. The highest BCUT2D eigenvalue weighted by molar-refractivity contribution is 5.96. The molecule has 1 aromatic carbocycles. The molecule has 1 amide bonds. The first-order valence-corrected chi connectivity index (χ1v) is 7.34. The molecule has 2 heterocycles. The number of carbonyl (C=O) groups is 1. The Morgan fingerprint density at radius 3 is 2.83 bits per heavy atom. The molecule has 118 valence electrons. The zero-order valence-corrected chi connectivity index (χ0v) is 12.7. The predicted octanol–water partition coefficient (Wildman–Crippen LogP) is 3.17. The van der Waals surface area contributed by atoms with Gasteiger partial charge in [-0.05, 0) is 43.2 Å². The Hall–Kier alpha value is -2.96. The van der Waals surface area contributed by atoms with Crippen molar-refractivity contribution in [2.24, 2.45) is 0 Å². The van der Waals surface area contributed by atoms with Gasteiger partial charge in [-0.1, -0.05) is 0 Å². The van der Waals surface area contributed by atoms with Crippen LogP contribution in [0.15, 0.2) is 36.5 Å². The molecule has 0 radical (unpaired) electrons. The number of aryl methyl sites for hydroxylation is 1. The van der Waals surface area contributed by atoms with E-state index in [-0.39, 0.29) is 17.4 Å². The second-order valence-corrected chi connectivity index (χ2v) is 5.40. The molecule has 1 aliphatic rings. The first-order chi connectivity index (χ1) is 11.1. The van der Waals surface area contributed by atoms with Gasteiger partial charge in [0.2, 0.25) is 11.7 Å². The van der Waals surface area contributed by atoms with Crippen molar-refractivity contribution in [1.29, 1.82) is 0 Å². The van der Waals surface area contributed by atoms with E-state index in [2.05, 4.69) is 10.3 Å². The van der Waals surface area contributed by atoms with E-state index >= 15 is 0 Å². The molecule has 7 heteroatoms. The van der Waals surface area contributed by atoms with Gasteiger partial charge in [-0.3, -0.25) is 14.9 Å². The van der Waals surface area contributed by atoms with E-state index in [0.29, 0.717) is 12.1 Å². The van der Waals surface area contributed by atoms with Gasteiger partial charge in [-0.2, -0.15) is 0 Å². The van der Waals surface area contributed by atoms with Gasteiger partial charge in [-0.15, -0.1) is 0 Å². The largest absolute Gasteiger partial charge is 0.334 e. The van der Waals surface area contributed by atoms with E-state index in [1.807, 2.05) is 19.1 Å². The molecule has 0 saturated carbocycles. The van der Waals surface area contributed by atoms with Crippen LogP contribution in [0, 0.1) is 17.0 Å². The average molecular weight is 312 g/mol. The maximum Gasteiger partial charge on any atom is 0.311 e. The second kappa shape index (κ2) is 6.04. The summed E-state index contributed by atoms with van der Waals surface area (Å²) >= 11 is 0. The summed E-state index contributed by atoms with van der Waals surface area (Å²) in [5.41, 5.74) is 2.43. The van der Waals surface area contributed by atoms with E-state index in [0.717, 1.165) is 24.2 Å². The van der Waals surface area contributed by atoms with Crippen LogP contribution >= 0.6 is 0 Å². The quantitative estimate of drug-likeness (QED) is 0.692.